The van der Waals surface area contributed by atoms with Gasteiger partial charge in [-0.3, -0.25) is 9.29 Å². The number of aromatic hydroxyl groups is 1. The van der Waals surface area contributed by atoms with Crippen LogP contribution in [-0.2, 0) is 6.42 Å². The Morgan fingerprint density at radius 2 is 1.62 bits per heavy atom. The van der Waals surface area contributed by atoms with Crippen LogP contribution < -0.4 is 10.2 Å². The molecule has 2 aliphatic heterocycles. The normalized spacial score (nSPS) is 18.9. The molecule has 8 heteroatoms. The topological polar surface area (TPSA) is 38.7 Å². The second-order valence-corrected chi connectivity index (χ2v) is 11.3. The predicted molar refractivity (Wildman–Crippen MR) is 158 cm³/mol. The number of fused-ring (bicyclic) bond motifs is 1. The van der Waals surface area contributed by atoms with Gasteiger partial charge in [0.25, 0.3) is 0 Å². The van der Waals surface area contributed by atoms with Crippen molar-refractivity contribution in [2.24, 2.45) is 0 Å². The Bertz CT molecular complexity index is 1550. The number of halogens is 4. The summed E-state index contributed by atoms with van der Waals surface area (Å²) in [4.78, 5) is 4.05. The standard InChI is InChI=1S/C34H33F4N3O/c1-21-15-23-16-22(28-5-2-3-6-32(28)42)7-12-29(23)34(41(21)27-10-8-24(36)9-11-27)33-30(37)17-25(18-31(33)38)39-26-19-40(20-26)14-4-13-35/h2-3,5-12,16-18,21,26,34,39,42H,4,13-15,19-20H2,1H3/t21-,34+/m1/s1. The number of phenolic OH excluding ortho intramolecular Hbond substituents is 1. The Morgan fingerprint density at radius 3 is 2.31 bits per heavy atom. The Balaban J connectivity index is 1.38. The molecule has 0 aromatic heterocycles. The van der Waals surface area contributed by atoms with Gasteiger partial charge in [0, 0.05) is 42.6 Å². The monoisotopic (exact) mass is 575 g/mol. The molecular weight excluding hydrogens is 542 g/mol. The first-order chi connectivity index (χ1) is 20.3. The zero-order chi connectivity index (χ0) is 29.4. The van der Waals surface area contributed by atoms with Gasteiger partial charge in [0.05, 0.1) is 24.3 Å². The highest BCUT2D eigenvalue weighted by atomic mass is 19.1. The number of likely N-dealkylation sites (tertiary alicyclic amines) is 1. The predicted octanol–water partition coefficient (Wildman–Crippen LogP) is 7.47. The summed E-state index contributed by atoms with van der Waals surface area (Å²) in [6.07, 6.45) is 1.07. The molecule has 0 amide bonds. The third-order valence-corrected chi connectivity index (χ3v) is 8.33. The van der Waals surface area contributed by atoms with Gasteiger partial charge in [-0.25, -0.2) is 13.2 Å². The molecule has 0 bridgehead atoms. The lowest BCUT2D eigenvalue weighted by atomic mass is 9.82. The number of hydrogen-bond acceptors (Lipinski definition) is 4. The van der Waals surface area contributed by atoms with Crippen molar-refractivity contribution >= 4 is 11.4 Å². The van der Waals surface area contributed by atoms with Gasteiger partial charge in [-0.2, -0.15) is 0 Å². The van der Waals surface area contributed by atoms with Crippen LogP contribution in [0.2, 0.25) is 0 Å². The van der Waals surface area contributed by atoms with Crippen molar-refractivity contribution in [2.75, 3.05) is 36.5 Å². The molecule has 218 valence electrons. The van der Waals surface area contributed by atoms with Crippen molar-refractivity contribution in [2.45, 2.75) is 37.9 Å². The Morgan fingerprint density at radius 1 is 0.905 bits per heavy atom. The van der Waals surface area contributed by atoms with E-state index in [1.54, 1.807) is 24.3 Å². The number of phenols is 1. The quantitative estimate of drug-likeness (QED) is 0.214. The van der Waals surface area contributed by atoms with Gasteiger partial charge in [0.2, 0.25) is 0 Å². The fraction of sp³-hybridized carbons (Fsp3) is 0.294. The highest BCUT2D eigenvalue weighted by molar-refractivity contribution is 5.72. The molecule has 0 aliphatic carbocycles. The van der Waals surface area contributed by atoms with Crippen molar-refractivity contribution in [3.8, 4) is 16.9 Å². The minimum absolute atomic E-state index is 0.0354. The molecule has 2 heterocycles. The van der Waals surface area contributed by atoms with Crippen LogP contribution in [0.25, 0.3) is 11.1 Å². The van der Waals surface area contributed by atoms with Gasteiger partial charge < -0.3 is 15.3 Å². The fourth-order valence-electron chi connectivity index (χ4n) is 6.36. The Labute approximate surface area is 243 Å². The fourth-order valence-corrected chi connectivity index (χ4v) is 6.36. The van der Waals surface area contributed by atoms with Crippen molar-refractivity contribution in [1.29, 1.82) is 0 Å². The lowest BCUT2D eigenvalue weighted by molar-refractivity contribution is 0.155. The van der Waals surface area contributed by atoms with Crippen LogP contribution in [0, 0.1) is 17.5 Å². The van der Waals surface area contributed by atoms with E-state index in [2.05, 4.69) is 10.2 Å². The van der Waals surface area contributed by atoms with Crippen LogP contribution >= 0.6 is 0 Å². The van der Waals surface area contributed by atoms with E-state index in [9.17, 15) is 13.9 Å². The molecule has 0 unspecified atom stereocenters. The number of rotatable bonds is 8. The molecule has 4 nitrogen and oxygen atoms in total. The molecule has 0 saturated carbocycles. The van der Waals surface area contributed by atoms with Gasteiger partial charge in [-0.1, -0.05) is 36.4 Å². The van der Waals surface area contributed by atoms with E-state index in [0.717, 1.165) is 16.7 Å². The van der Waals surface area contributed by atoms with Crippen molar-refractivity contribution in [3.05, 3.63) is 113 Å². The first-order valence-electron chi connectivity index (χ1n) is 14.3. The van der Waals surface area contributed by atoms with Gasteiger partial charge in [-0.15, -0.1) is 0 Å². The molecule has 6 rings (SSSR count). The van der Waals surface area contributed by atoms with Crippen LogP contribution in [-0.4, -0.2) is 48.4 Å². The molecule has 2 N–H and O–H groups in total. The molecule has 42 heavy (non-hydrogen) atoms. The van der Waals surface area contributed by atoms with Crippen LogP contribution in [0.3, 0.4) is 0 Å². The summed E-state index contributed by atoms with van der Waals surface area (Å²) in [5.74, 6) is -1.58. The number of nitrogens with zero attached hydrogens (tertiary/aromatic N) is 2. The summed E-state index contributed by atoms with van der Waals surface area (Å²) < 4.78 is 58.4. The number of anilines is 2. The number of benzene rings is 4. The minimum Gasteiger partial charge on any atom is -0.507 e. The number of hydrogen-bond donors (Lipinski definition) is 2. The summed E-state index contributed by atoms with van der Waals surface area (Å²) >= 11 is 0. The van der Waals surface area contributed by atoms with Crippen LogP contribution in [0.1, 0.15) is 36.1 Å². The van der Waals surface area contributed by atoms with E-state index in [-0.39, 0.29) is 35.9 Å². The molecule has 1 saturated heterocycles. The molecule has 2 atom stereocenters. The second-order valence-electron chi connectivity index (χ2n) is 11.3. The number of alkyl halides is 1. The largest absolute Gasteiger partial charge is 0.507 e. The highest BCUT2D eigenvalue weighted by Gasteiger charge is 2.37. The third-order valence-electron chi connectivity index (χ3n) is 8.33. The smallest absolute Gasteiger partial charge is 0.133 e. The first-order valence-corrected chi connectivity index (χ1v) is 14.3. The second kappa shape index (κ2) is 11.7. The number of nitrogens with one attached hydrogen (secondary N) is 1. The zero-order valence-electron chi connectivity index (χ0n) is 23.3. The summed E-state index contributed by atoms with van der Waals surface area (Å²) in [7, 11) is 0. The summed E-state index contributed by atoms with van der Waals surface area (Å²) in [5.41, 5.74) is 4.11. The molecule has 1 fully saturated rings. The molecule has 0 radical (unpaired) electrons. The number of para-hydroxylation sites is 1. The maximum absolute atomic E-state index is 16.0. The molecule has 2 aliphatic rings. The summed E-state index contributed by atoms with van der Waals surface area (Å²) in [6.45, 7) is 3.68. The van der Waals surface area contributed by atoms with Gasteiger partial charge in [0.1, 0.15) is 23.2 Å². The van der Waals surface area contributed by atoms with Crippen LogP contribution in [0.15, 0.2) is 78.9 Å². The third kappa shape index (κ3) is 5.43. The lowest BCUT2D eigenvalue weighted by Gasteiger charge is -2.44. The maximum atomic E-state index is 16.0. The summed E-state index contributed by atoms with van der Waals surface area (Å²) in [6, 6.07) is 20.5. The average molecular weight is 576 g/mol. The SMILES string of the molecule is C[C@@H]1Cc2cc(-c3ccccc3O)ccc2[C@@H](c2c(F)cc(NC3CN(CCCF)C3)cc2F)N1c1ccc(F)cc1. The Hall–Kier alpha value is -4.04. The van der Waals surface area contributed by atoms with E-state index < -0.39 is 17.7 Å². The van der Waals surface area contributed by atoms with Crippen molar-refractivity contribution < 1.29 is 22.7 Å². The molecule has 0 spiro atoms. The Kier molecular flexibility index (Phi) is 7.82. The summed E-state index contributed by atoms with van der Waals surface area (Å²) in [5, 5.41) is 13.6. The van der Waals surface area contributed by atoms with Crippen LogP contribution in [0.5, 0.6) is 5.75 Å². The zero-order valence-corrected chi connectivity index (χ0v) is 23.3. The molecule has 4 aromatic rings. The minimum atomic E-state index is -0.804. The molecular formula is C34H33F4N3O. The van der Waals surface area contributed by atoms with Crippen molar-refractivity contribution in [3.63, 3.8) is 0 Å². The van der Waals surface area contributed by atoms with E-state index >= 15 is 8.78 Å². The van der Waals surface area contributed by atoms with E-state index in [1.807, 2.05) is 42.2 Å². The van der Waals surface area contributed by atoms with E-state index in [0.29, 0.717) is 49.4 Å². The van der Waals surface area contributed by atoms with Crippen LogP contribution in [0.4, 0.5) is 28.9 Å². The van der Waals surface area contributed by atoms with E-state index in [1.165, 1.54) is 24.3 Å². The van der Waals surface area contributed by atoms with Gasteiger partial charge in [-0.05, 0) is 78.9 Å². The van der Waals surface area contributed by atoms with Gasteiger partial charge in [0.15, 0.2) is 0 Å². The van der Waals surface area contributed by atoms with Gasteiger partial charge >= 0.3 is 0 Å². The highest BCUT2D eigenvalue weighted by Crippen LogP contribution is 2.44. The molecule has 4 aromatic carbocycles. The van der Waals surface area contributed by atoms with Crippen molar-refractivity contribution in [1.82, 2.24) is 4.90 Å². The maximum Gasteiger partial charge on any atom is 0.133 e. The lowest BCUT2D eigenvalue weighted by Crippen LogP contribution is -2.54. The van der Waals surface area contributed by atoms with E-state index in [4.69, 9.17) is 0 Å². The average Bonchev–Trinajstić information content (AvgIpc) is 2.94. The first kappa shape index (κ1) is 28.1.